The van der Waals surface area contributed by atoms with Crippen LogP contribution in [0.15, 0.2) is 0 Å². The zero-order valence-corrected chi connectivity index (χ0v) is 32.7. The first-order valence-corrected chi connectivity index (χ1v) is 18.9. The highest BCUT2D eigenvalue weighted by Crippen LogP contribution is 2.65. The zero-order chi connectivity index (χ0) is 38.9. The average molecular weight is 732 g/mol. The molecule has 0 aromatic rings. The molecule has 1 heterocycles. The van der Waals surface area contributed by atoms with Crippen LogP contribution in [0.3, 0.4) is 0 Å². The normalized spacial score (nSPS) is 23.8. The van der Waals surface area contributed by atoms with E-state index in [-0.39, 0.29) is 48.5 Å². The molecule has 3 saturated carbocycles. The number of esters is 2. The van der Waals surface area contributed by atoms with Crippen molar-refractivity contribution >= 4 is 41.5 Å². The van der Waals surface area contributed by atoms with Gasteiger partial charge in [-0.2, -0.15) is 0 Å². The number of rotatable bonds is 16. The van der Waals surface area contributed by atoms with E-state index >= 15 is 0 Å². The van der Waals surface area contributed by atoms with Gasteiger partial charge in [-0.15, -0.1) is 0 Å². The minimum absolute atomic E-state index is 0.0296. The van der Waals surface area contributed by atoms with Crippen LogP contribution in [-0.2, 0) is 38.2 Å². The van der Waals surface area contributed by atoms with Crippen molar-refractivity contribution in [3.8, 4) is 0 Å². The van der Waals surface area contributed by atoms with Crippen LogP contribution in [0.1, 0.15) is 108 Å². The number of amides is 5. The number of ether oxygens (including phenoxy) is 2. The standard InChI is InChI=1S/C38H61N5O9/c1-20(2)27(34(49)51-19-22-13-14-22)41-35(50)42-30(36(3,4)5)33(48)43-18-23-26(38(23,9)10)28(43)31(46)40-24(17-21-11-12-21)29(45)32(47)39-16-15-25(44)52-37(6,7)8/h20-24,26-28,30H,11-19H2,1-10H3,(H,39,47)(H,40,46)(H2,41,42,50)/t23-,24-,26-,27-,28-,30+/m0/s1. The number of carbonyl (C=O) groups excluding carboxylic acids is 7. The fraction of sp³-hybridized carbons (Fsp3) is 0.816. The summed E-state index contributed by atoms with van der Waals surface area (Å²) in [7, 11) is 0. The molecular formula is C38H61N5O9. The van der Waals surface area contributed by atoms with E-state index in [1.165, 1.54) is 4.90 Å². The molecule has 4 fully saturated rings. The first-order valence-electron chi connectivity index (χ1n) is 18.9. The van der Waals surface area contributed by atoms with Crippen LogP contribution in [0.4, 0.5) is 4.79 Å². The van der Waals surface area contributed by atoms with E-state index in [9.17, 15) is 33.6 Å². The molecule has 1 saturated heterocycles. The SMILES string of the molecule is CC(C)[C@H](NC(=O)N[C@H](C(=O)N1C[C@H]2[C@@H]([C@H]1C(=O)N[C@@H](CC1CC1)C(=O)C(=O)NCCC(=O)OC(C)(C)C)C2(C)C)C(C)(C)C)C(=O)OCC1CC1. The minimum Gasteiger partial charge on any atom is -0.464 e. The molecular weight excluding hydrogens is 670 g/mol. The second-order valence-corrected chi connectivity index (χ2v) is 18.3. The van der Waals surface area contributed by atoms with Gasteiger partial charge in [0.1, 0.15) is 23.7 Å². The Kier molecular flexibility index (Phi) is 12.4. The van der Waals surface area contributed by atoms with E-state index in [2.05, 4.69) is 21.3 Å². The fourth-order valence-electron chi connectivity index (χ4n) is 7.11. The summed E-state index contributed by atoms with van der Waals surface area (Å²) >= 11 is 0. The van der Waals surface area contributed by atoms with Crippen LogP contribution in [0, 0.1) is 40.4 Å². The summed E-state index contributed by atoms with van der Waals surface area (Å²) in [5.41, 5.74) is -1.70. The van der Waals surface area contributed by atoms with Gasteiger partial charge >= 0.3 is 18.0 Å². The smallest absolute Gasteiger partial charge is 0.328 e. The van der Waals surface area contributed by atoms with E-state index in [1.807, 2.05) is 13.8 Å². The molecule has 292 valence electrons. The summed E-state index contributed by atoms with van der Waals surface area (Å²) in [6, 6.07) is -4.70. The van der Waals surface area contributed by atoms with Gasteiger partial charge in [-0.3, -0.25) is 24.0 Å². The topological polar surface area (TPSA) is 189 Å². The van der Waals surface area contributed by atoms with Gasteiger partial charge in [0.2, 0.25) is 17.6 Å². The molecule has 4 N–H and O–H groups in total. The van der Waals surface area contributed by atoms with Gasteiger partial charge < -0.3 is 35.6 Å². The van der Waals surface area contributed by atoms with Crippen LogP contribution in [0.2, 0.25) is 0 Å². The minimum atomic E-state index is -1.10. The summed E-state index contributed by atoms with van der Waals surface area (Å²) < 4.78 is 10.7. The molecule has 0 bridgehead atoms. The first kappa shape index (κ1) is 41.1. The third kappa shape index (κ3) is 10.7. The first-order chi connectivity index (χ1) is 24.0. The summed E-state index contributed by atoms with van der Waals surface area (Å²) in [6.07, 6.45) is 3.96. The Labute approximate surface area is 308 Å². The lowest BCUT2D eigenvalue weighted by Gasteiger charge is -2.38. The molecule has 14 nitrogen and oxygen atoms in total. The van der Waals surface area contributed by atoms with E-state index in [0.29, 0.717) is 19.1 Å². The Balaban J connectivity index is 1.45. The largest absolute Gasteiger partial charge is 0.464 e. The maximum atomic E-state index is 14.4. The molecule has 0 aromatic heterocycles. The number of urea groups is 1. The van der Waals surface area contributed by atoms with Crippen molar-refractivity contribution in [2.75, 3.05) is 19.7 Å². The molecule has 0 unspecified atom stereocenters. The van der Waals surface area contributed by atoms with Gasteiger partial charge in [-0.25, -0.2) is 9.59 Å². The van der Waals surface area contributed by atoms with Gasteiger partial charge in [0.15, 0.2) is 0 Å². The summed E-state index contributed by atoms with van der Waals surface area (Å²) in [5.74, 6) is -3.60. The van der Waals surface area contributed by atoms with Crippen molar-refractivity contribution in [2.24, 2.45) is 40.4 Å². The summed E-state index contributed by atoms with van der Waals surface area (Å²) in [6.45, 7) is 18.8. The van der Waals surface area contributed by atoms with Crippen LogP contribution in [0.25, 0.3) is 0 Å². The van der Waals surface area contributed by atoms with Crippen molar-refractivity contribution in [1.29, 1.82) is 0 Å². The number of hydrogen-bond donors (Lipinski definition) is 4. The number of ketones is 1. The number of hydrogen-bond acceptors (Lipinski definition) is 9. The number of likely N-dealkylation sites (tertiary alicyclic amines) is 1. The highest BCUT2D eigenvalue weighted by atomic mass is 16.6. The third-order valence-electron chi connectivity index (χ3n) is 10.7. The highest BCUT2D eigenvalue weighted by Gasteiger charge is 2.70. The number of piperidine rings is 1. The molecule has 0 spiro atoms. The Bertz CT molecular complexity index is 1410. The quantitative estimate of drug-likeness (QED) is 0.137. The monoisotopic (exact) mass is 731 g/mol. The Hall–Kier alpha value is -3.71. The molecule has 0 radical (unpaired) electrons. The van der Waals surface area contributed by atoms with Crippen molar-refractivity contribution < 1.29 is 43.0 Å². The number of fused-ring (bicyclic) bond motifs is 1. The zero-order valence-electron chi connectivity index (χ0n) is 32.7. The van der Waals surface area contributed by atoms with Crippen LogP contribution in [-0.4, -0.2) is 95.8 Å². The average Bonchev–Trinajstić information content (AvgIpc) is 3.97. The lowest BCUT2D eigenvalue weighted by atomic mass is 9.85. The fourth-order valence-corrected chi connectivity index (χ4v) is 7.11. The highest BCUT2D eigenvalue weighted by molar-refractivity contribution is 6.38. The van der Waals surface area contributed by atoms with Gasteiger partial charge in [0.05, 0.1) is 19.1 Å². The van der Waals surface area contributed by atoms with Crippen LogP contribution in [0.5, 0.6) is 0 Å². The second kappa shape index (κ2) is 15.7. The van der Waals surface area contributed by atoms with Gasteiger partial charge in [-0.1, -0.05) is 61.3 Å². The number of carbonyl (C=O) groups is 7. The van der Waals surface area contributed by atoms with E-state index in [1.54, 1.807) is 55.4 Å². The summed E-state index contributed by atoms with van der Waals surface area (Å²) in [5, 5.41) is 10.8. The molecule has 0 aromatic carbocycles. The van der Waals surface area contributed by atoms with E-state index in [4.69, 9.17) is 9.47 Å². The van der Waals surface area contributed by atoms with E-state index in [0.717, 1.165) is 25.7 Å². The number of nitrogens with one attached hydrogen (secondary N) is 4. The van der Waals surface area contributed by atoms with Crippen molar-refractivity contribution in [1.82, 2.24) is 26.2 Å². The molecule has 1 aliphatic heterocycles. The predicted octanol–water partition coefficient (Wildman–Crippen LogP) is 2.86. The van der Waals surface area contributed by atoms with Gasteiger partial charge in [-0.05, 0) is 80.5 Å². The molecule has 5 amide bonds. The maximum absolute atomic E-state index is 14.4. The lowest BCUT2D eigenvalue weighted by molar-refractivity contribution is -0.155. The molecule has 52 heavy (non-hydrogen) atoms. The lowest BCUT2D eigenvalue weighted by Crippen LogP contribution is -2.62. The van der Waals surface area contributed by atoms with Gasteiger partial charge in [0, 0.05) is 13.1 Å². The van der Waals surface area contributed by atoms with E-state index < -0.39 is 76.7 Å². The van der Waals surface area contributed by atoms with Crippen LogP contribution >= 0.6 is 0 Å². The van der Waals surface area contributed by atoms with Gasteiger partial charge in [0.25, 0.3) is 5.91 Å². The molecule has 3 aliphatic carbocycles. The summed E-state index contributed by atoms with van der Waals surface area (Å²) in [4.78, 5) is 94.6. The van der Waals surface area contributed by atoms with Crippen molar-refractivity contribution in [2.45, 2.75) is 138 Å². The Morgan fingerprint density at radius 3 is 2.02 bits per heavy atom. The molecule has 6 atom stereocenters. The predicted molar refractivity (Wildman–Crippen MR) is 191 cm³/mol. The number of nitrogens with zero attached hydrogens (tertiary/aromatic N) is 1. The van der Waals surface area contributed by atoms with Crippen molar-refractivity contribution in [3.05, 3.63) is 0 Å². The molecule has 4 aliphatic rings. The third-order valence-corrected chi connectivity index (χ3v) is 10.7. The Morgan fingerprint density at radius 2 is 1.48 bits per heavy atom. The van der Waals surface area contributed by atoms with Crippen molar-refractivity contribution in [3.63, 3.8) is 0 Å². The maximum Gasteiger partial charge on any atom is 0.328 e. The molecule has 14 heteroatoms. The second-order valence-electron chi connectivity index (χ2n) is 18.3. The molecule has 4 rings (SSSR count). The number of Topliss-reactive ketones (excluding diaryl/α,β-unsaturated/α-hetero) is 1. The van der Waals surface area contributed by atoms with Crippen LogP contribution < -0.4 is 21.3 Å². The Morgan fingerprint density at radius 1 is 0.865 bits per heavy atom.